The summed E-state index contributed by atoms with van der Waals surface area (Å²) in [6.45, 7) is 10.3. The van der Waals surface area contributed by atoms with Crippen molar-refractivity contribution in [1.82, 2.24) is 30.0 Å². The highest BCUT2D eigenvalue weighted by Gasteiger charge is 2.45. The molecule has 0 atom stereocenters. The summed E-state index contributed by atoms with van der Waals surface area (Å²) in [6, 6.07) is 6.18. The summed E-state index contributed by atoms with van der Waals surface area (Å²) in [7, 11) is 2.01. The number of hydrogen-bond acceptors (Lipinski definition) is 9. The minimum absolute atomic E-state index is 0.101. The molecule has 1 spiro atoms. The van der Waals surface area contributed by atoms with Gasteiger partial charge in [0.25, 0.3) is 0 Å². The summed E-state index contributed by atoms with van der Waals surface area (Å²) in [5, 5.41) is 8.82. The Labute approximate surface area is 283 Å². The van der Waals surface area contributed by atoms with Gasteiger partial charge >= 0.3 is 12.2 Å². The van der Waals surface area contributed by atoms with Crippen LogP contribution in [-0.2, 0) is 4.74 Å². The molecule has 3 saturated heterocycles. The molecule has 0 radical (unpaired) electrons. The Bertz CT molecular complexity index is 1870. The molecule has 1 aliphatic carbocycles. The van der Waals surface area contributed by atoms with Gasteiger partial charge < -0.3 is 19.1 Å². The number of aromatic amines is 1. The molecule has 1 N–H and O–H groups in total. The summed E-state index contributed by atoms with van der Waals surface area (Å²) < 4.78 is 59.7. The van der Waals surface area contributed by atoms with Gasteiger partial charge in [0.05, 0.1) is 25.1 Å². The molecule has 0 unspecified atom stereocenters. The van der Waals surface area contributed by atoms with Crippen LogP contribution in [0.2, 0.25) is 0 Å². The lowest BCUT2D eigenvalue weighted by Crippen LogP contribution is -2.60. The molecule has 13 heteroatoms. The van der Waals surface area contributed by atoms with E-state index >= 15 is 0 Å². The zero-order chi connectivity index (χ0) is 33.9. The lowest BCUT2D eigenvalue weighted by molar-refractivity contribution is -0.153. The minimum atomic E-state index is -4.55. The second-order valence-electron chi connectivity index (χ2n) is 14.4. The number of benzene rings is 2. The molecular weight excluding hydrogens is 635 g/mol. The highest BCUT2D eigenvalue weighted by atomic mass is 19.4. The van der Waals surface area contributed by atoms with E-state index < -0.39 is 12.8 Å². The van der Waals surface area contributed by atoms with Crippen molar-refractivity contribution in [2.24, 2.45) is 5.41 Å². The minimum Gasteiger partial charge on any atom is -0.481 e. The summed E-state index contributed by atoms with van der Waals surface area (Å²) in [6.07, 6.45) is 2.70. The van der Waals surface area contributed by atoms with Crippen molar-refractivity contribution < 1.29 is 27.4 Å². The molecule has 10 nitrogen and oxygen atoms in total. The Balaban J connectivity index is 1.25. The SMILES string of the molecule is C=CCOCN1CC2(CCN(c3nc(OC4CN(C)C4)nc4c(OCC(F)(F)F)c(-c5c(C)ccc6[nH]ncc56)c(C5CC5)cc34)CC2)C1. The van der Waals surface area contributed by atoms with E-state index in [-0.39, 0.29) is 29.2 Å². The number of likely N-dealkylation sites (tertiary alicyclic amines) is 2. The summed E-state index contributed by atoms with van der Waals surface area (Å²) in [4.78, 5) is 16.6. The molecule has 8 rings (SSSR count). The van der Waals surface area contributed by atoms with Crippen LogP contribution in [0.5, 0.6) is 11.8 Å². The highest BCUT2D eigenvalue weighted by Crippen LogP contribution is 2.53. The number of alkyl halides is 3. The fourth-order valence-electron chi connectivity index (χ4n) is 7.87. The smallest absolute Gasteiger partial charge is 0.422 e. The third kappa shape index (κ3) is 6.32. The number of anilines is 1. The molecule has 49 heavy (non-hydrogen) atoms. The van der Waals surface area contributed by atoms with E-state index in [1.54, 1.807) is 12.3 Å². The number of likely N-dealkylation sites (N-methyl/N-ethyl adjacent to an activating group) is 1. The second-order valence-corrected chi connectivity index (χ2v) is 14.4. The first kappa shape index (κ1) is 32.3. The molecular formula is C36H42F3N7O3. The largest absolute Gasteiger partial charge is 0.481 e. The van der Waals surface area contributed by atoms with Gasteiger partial charge in [0.2, 0.25) is 0 Å². The Morgan fingerprint density at radius 2 is 1.86 bits per heavy atom. The van der Waals surface area contributed by atoms with Gasteiger partial charge in [-0.25, -0.2) is 0 Å². The number of fused-ring (bicyclic) bond motifs is 2. The molecule has 260 valence electrons. The maximum Gasteiger partial charge on any atom is 0.422 e. The first-order valence-electron chi connectivity index (χ1n) is 17.1. The van der Waals surface area contributed by atoms with E-state index in [0.29, 0.717) is 35.6 Å². The topological polar surface area (TPSA) is 91.9 Å². The van der Waals surface area contributed by atoms with Crippen LogP contribution in [0.4, 0.5) is 19.0 Å². The van der Waals surface area contributed by atoms with E-state index in [1.165, 1.54) is 0 Å². The first-order chi connectivity index (χ1) is 23.6. The number of nitrogens with one attached hydrogen (secondary N) is 1. The number of hydrogen-bond donors (Lipinski definition) is 1. The maximum atomic E-state index is 13.9. The lowest BCUT2D eigenvalue weighted by Gasteiger charge is -2.54. The zero-order valence-corrected chi connectivity index (χ0v) is 28.0. The van der Waals surface area contributed by atoms with Crippen molar-refractivity contribution in [3.8, 4) is 22.9 Å². The van der Waals surface area contributed by atoms with E-state index in [0.717, 1.165) is 92.5 Å². The Kier molecular flexibility index (Phi) is 8.19. The van der Waals surface area contributed by atoms with Gasteiger partial charge in [0.1, 0.15) is 17.4 Å². The van der Waals surface area contributed by atoms with Crippen molar-refractivity contribution in [1.29, 1.82) is 0 Å². The fourth-order valence-corrected chi connectivity index (χ4v) is 7.87. The molecule has 0 amide bonds. The van der Waals surface area contributed by atoms with Crippen molar-refractivity contribution in [3.05, 3.63) is 48.2 Å². The van der Waals surface area contributed by atoms with Gasteiger partial charge in [-0.3, -0.25) is 14.9 Å². The van der Waals surface area contributed by atoms with E-state index in [9.17, 15) is 13.2 Å². The average Bonchev–Trinajstić information content (AvgIpc) is 3.78. The van der Waals surface area contributed by atoms with Gasteiger partial charge in [-0.2, -0.15) is 28.2 Å². The number of H-pyrrole nitrogens is 1. The van der Waals surface area contributed by atoms with Crippen molar-refractivity contribution in [2.45, 2.75) is 50.8 Å². The zero-order valence-electron chi connectivity index (χ0n) is 28.0. The third-order valence-electron chi connectivity index (χ3n) is 10.5. The predicted octanol–water partition coefficient (Wildman–Crippen LogP) is 6.06. The molecule has 2 aromatic heterocycles. The van der Waals surface area contributed by atoms with Crippen LogP contribution in [0.15, 0.2) is 37.1 Å². The third-order valence-corrected chi connectivity index (χ3v) is 10.5. The summed E-state index contributed by atoms with van der Waals surface area (Å²) >= 11 is 0. The second kappa shape index (κ2) is 12.4. The molecule has 1 saturated carbocycles. The molecule has 4 aromatic rings. The van der Waals surface area contributed by atoms with Gasteiger partial charge in [0.15, 0.2) is 12.4 Å². The van der Waals surface area contributed by atoms with Crippen molar-refractivity contribution in [3.63, 3.8) is 0 Å². The van der Waals surface area contributed by atoms with Crippen LogP contribution < -0.4 is 14.4 Å². The van der Waals surface area contributed by atoms with Crippen LogP contribution >= 0.6 is 0 Å². The number of piperidine rings is 1. The normalized spacial score (nSPS) is 20.1. The standard InChI is InChI=1S/C36H42F3N7O3/c1-4-13-47-21-45-18-35(19-45)9-11-46(12-10-35)33-26-14-25(23-6-7-23)30(29-22(2)5-8-28-27(29)15-40-43-28)32(48-20-36(37,38)39)31(26)41-34(42-33)49-24-16-44(3)17-24/h4-5,8,14-15,23-24H,1,6-7,9-13,16-21H2,2-3H3,(H,40,43). The quantitative estimate of drug-likeness (QED) is 0.150. The molecule has 2 aromatic carbocycles. The van der Waals surface area contributed by atoms with Gasteiger partial charge in [-0.05, 0) is 79.8 Å². The van der Waals surface area contributed by atoms with E-state index in [4.69, 9.17) is 24.2 Å². The van der Waals surface area contributed by atoms with Crippen LogP contribution in [-0.4, -0.2) is 109 Å². The maximum absolute atomic E-state index is 13.9. The molecule has 0 bridgehead atoms. The van der Waals surface area contributed by atoms with Crippen LogP contribution in [0.1, 0.15) is 42.7 Å². The first-order valence-corrected chi connectivity index (χ1v) is 17.1. The number of aromatic nitrogens is 4. The van der Waals surface area contributed by atoms with Crippen molar-refractivity contribution in [2.75, 3.05) is 71.2 Å². The molecule has 4 aliphatic rings. The fraction of sp³-hybridized carbons (Fsp3) is 0.528. The molecule has 3 aliphatic heterocycles. The van der Waals surface area contributed by atoms with Gasteiger partial charge in [-0.1, -0.05) is 12.1 Å². The summed E-state index contributed by atoms with van der Waals surface area (Å²) in [5.41, 5.74) is 4.70. The number of halogens is 3. The van der Waals surface area contributed by atoms with Gasteiger partial charge in [0, 0.05) is 55.6 Å². The Morgan fingerprint density at radius 1 is 1.08 bits per heavy atom. The number of ether oxygens (including phenoxy) is 3. The lowest BCUT2D eigenvalue weighted by atomic mass is 9.72. The number of nitrogens with zero attached hydrogens (tertiary/aromatic N) is 6. The monoisotopic (exact) mass is 677 g/mol. The van der Waals surface area contributed by atoms with Gasteiger partial charge in [-0.15, -0.1) is 6.58 Å². The predicted molar refractivity (Wildman–Crippen MR) is 181 cm³/mol. The van der Waals surface area contributed by atoms with Crippen LogP contribution in [0.3, 0.4) is 0 Å². The van der Waals surface area contributed by atoms with Crippen LogP contribution in [0.25, 0.3) is 32.9 Å². The van der Waals surface area contributed by atoms with E-state index in [1.807, 2.05) is 26.1 Å². The molecule has 5 heterocycles. The van der Waals surface area contributed by atoms with E-state index in [2.05, 4.69) is 37.5 Å². The molecule has 4 fully saturated rings. The Hall–Kier alpha value is -3.94. The highest BCUT2D eigenvalue weighted by molar-refractivity contribution is 6.06. The number of aryl methyl sites for hydroxylation is 1. The summed E-state index contributed by atoms with van der Waals surface area (Å²) in [5.74, 6) is 1.00. The average molecular weight is 678 g/mol. The van der Waals surface area contributed by atoms with Crippen molar-refractivity contribution >= 4 is 27.6 Å². The Morgan fingerprint density at radius 3 is 2.55 bits per heavy atom. The van der Waals surface area contributed by atoms with Crippen LogP contribution in [0, 0.1) is 12.3 Å². The number of rotatable bonds is 11.